The van der Waals surface area contributed by atoms with E-state index < -0.39 is 0 Å². The highest BCUT2D eigenvalue weighted by atomic mass is 35.5. The molecule has 2 fully saturated rings. The van der Waals surface area contributed by atoms with Crippen molar-refractivity contribution in [3.05, 3.63) is 28.8 Å². The highest BCUT2D eigenvalue weighted by Gasteiger charge is 2.31. The molecule has 2 aliphatic rings. The Morgan fingerprint density at radius 1 is 1.42 bits per heavy atom. The third kappa shape index (κ3) is 4.02. The molecule has 2 saturated heterocycles. The Morgan fingerprint density at radius 3 is 3.00 bits per heavy atom. The van der Waals surface area contributed by atoms with Gasteiger partial charge in [0.25, 0.3) is 0 Å². The first-order valence-electron chi connectivity index (χ1n) is 8.71. The summed E-state index contributed by atoms with van der Waals surface area (Å²) in [5.41, 5.74) is 8.02. The minimum Gasteiger partial charge on any atom is -0.371 e. The smallest absolute Gasteiger partial charge is 0.249 e. The summed E-state index contributed by atoms with van der Waals surface area (Å²) in [7, 11) is 0. The van der Waals surface area contributed by atoms with Gasteiger partial charge in [-0.15, -0.1) is 0 Å². The van der Waals surface area contributed by atoms with Crippen molar-refractivity contribution in [3.63, 3.8) is 0 Å². The third-order valence-electron chi connectivity index (χ3n) is 5.03. The molecule has 0 radical (unpaired) electrons. The summed E-state index contributed by atoms with van der Waals surface area (Å²) in [5.74, 6) is 0.461. The van der Waals surface area contributed by atoms with Crippen LogP contribution in [0, 0.1) is 12.8 Å². The summed E-state index contributed by atoms with van der Waals surface area (Å²) in [5, 5.41) is 3.82. The minimum absolute atomic E-state index is 0.00309. The second-order valence-corrected chi connectivity index (χ2v) is 7.27. The maximum atomic E-state index is 12.2. The molecule has 3 N–H and O–H groups in total. The molecule has 1 unspecified atom stereocenters. The number of nitrogens with two attached hydrogens (primary N) is 1. The van der Waals surface area contributed by atoms with Gasteiger partial charge < -0.3 is 20.7 Å². The maximum Gasteiger partial charge on any atom is 0.249 e. The van der Waals surface area contributed by atoms with Crippen LogP contribution in [-0.2, 0) is 9.53 Å². The largest absolute Gasteiger partial charge is 0.371 e. The number of halogens is 1. The zero-order chi connectivity index (χ0) is 17.1. The fraction of sp³-hybridized carbons (Fsp3) is 0.611. The van der Waals surface area contributed by atoms with Crippen molar-refractivity contribution in [1.82, 2.24) is 5.32 Å². The molecule has 1 aromatic rings. The fourth-order valence-corrected chi connectivity index (χ4v) is 3.74. The molecule has 3 atom stereocenters. The van der Waals surface area contributed by atoms with Gasteiger partial charge in [-0.1, -0.05) is 17.7 Å². The Bertz CT molecular complexity index is 596. The molecule has 132 valence electrons. The summed E-state index contributed by atoms with van der Waals surface area (Å²) < 4.78 is 5.64. The monoisotopic (exact) mass is 351 g/mol. The molecule has 2 heterocycles. The molecule has 3 rings (SSSR count). The van der Waals surface area contributed by atoms with Crippen LogP contribution < -0.4 is 16.0 Å². The van der Waals surface area contributed by atoms with Crippen molar-refractivity contribution in [2.45, 2.75) is 38.4 Å². The van der Waals surface area contributed by atoms with Crippen LogP contribution in [0.25, 0.3) is 0 Å². The van der Waals surface area contributed by atoms with E-state index >= 15 is 0 Å². The van der Waals surface area contributed by atoms with Crippen LogP contribution in [0.5, 0.6) is 0 Å². The zero-order valence-electron chi connectivity index (χ0n) is 14.1. The van der Waals surface area contributed by atoms with Gasteiger partial charge in [0, 0.05) is 36.9 Å². The predicted octanol–water partition coefficient (Wildman–Crippen LogP) is 2.10. The van der Waals surface area contributed by atoms with Gasteiger partial charge in [0.2, 0.25) is 5.91 Å². The highest BCUT2D eigenvalue weighted by Crippen LogP contribution is 2.29. The number of nitrogens with one attached hydrogen (secondary N) is 1. The molecule has 0 saturated carbocycles. The first-order chi connectivity index (χ1) is 11.6. The Balaban J connectivity index is 1.48. The number of aryl methyl sites for hydroxylation is 1. The highest BCUT2D eigenvalue weighted by molar-refractivity contribution is 6.30. The van der Waals surface area contributed by atoms with Crippen LogP contribution in [0.15, 0.2) is 18.2 Å². The summed E-state index contributed by atoms with van der Waals surface area (Å²) in [6.07, 6.45) is 2.43. The van der Waals surface area contributed by atoms with Crippen molar-refractivity contribution in [1.29, 1.82) is 0 Å². The van der Waals surface area contributed by atoms with Crippen LogP contribution >= 0.6 is 11.6 Å². The third-order valence-corrected chi connectivity index (χ3v) is 5.26. The Labute approximate surface area is 148 Å². The van der Waals surface area contributed by atoms with E-state index in [0.29, 0.717) is 19.0 Å². The summed E-state index contributed by atoms with van der Waals surface area (Å²) in [4.78, 5) is 14.6. The van der Waals surface area contributed by atoms with Crippen molar-refractivity contribution < 1.29 is 9.53 Å². The molecule has 24 heavy (non-hydrogen) atoms. The lowest BCUT2D eigenvalue weighted by molar-refractivity contribution is -0.132. The van der Waals surface area contributed by atoms with Gasteiger partial charge in [0.15, 0.2) is 0 Å². The normalized spacial score (nSPS) is 26.8. The average Bonchev–Trinajstić information content (AvgIpc) is 3.24. The Kier molecular flexibility index (Phi) is 5.64. The zero-order valence-corrected chi connectivity index (χ0v) is 14.9. The number of carbonyl (C=O) groups is 1. The Hall–Kier alpha value is -1.30. The molecule has 1 aromatic carbocycles. The van der Waals surface area contributed by atoms with Crippen LogP contribution in [-0.4, -0.2) is 44.3 Å². The molecule has 1 amide bonds. The van der Waals surface area contributed by atoms with Crippen molar-refractivity contribution in [2.24, 2.45) is 11.7 Å². The van der Waals surface area contributed by atoms with Gasteiger partial charge in [0.1, 0.15) is 6.10 Å². The number of nitrogens with zero attached hydrogens (tertiary/aromatic N) is 1. The topological polar surface area (TPSA) is 67.6 Å². The van der Waals surface area contributed by atoms with Gasteiger partial charge in [0.05, 0.1) is 6.10 Å². The molecular formula is C18H26ClN3O2. The molecule has 0 aromatic heterocycles. The standard InChI is InChI=1S/C18H26ClN3O2/c1-12-2-3-14(19)8-16(12)22-7-6-13(11-22)10-21-18(23)17-5-4-15(9-20)24-17/h2-3,8,13,15,17H,4-7,9-11,20H2,1H3,(H,21,23)/t13?,15-,17+/m1/s1. The molecule has 5 nitrogen and oxygen atoms in total. The number of hydrogen-bond acceptors (Lipinski definition) is 4. The lowest BCUT2D eigenvalue weighted by Crippen LogP contribution is -2.38. The minimum atomic E-state index is -0.328. The molecule has 0 spiro atoms. The fourth-order valence-electron chi connectivity index (χ4n) is 3.57. The van der Waals surface area contributed by atoms with Gasteiger partial charge in [-0.2, -0.15) is 0 Å². The van der Waals surface area contributed by atoms with E-state index in [4.69, 9.17) is 22.1 Å². The number of hydrogen-bond donors (Lipinski definition) is 2. The van der Waals surface area contributed by atoms with E-state index in [1.165, 1.54) is 11.3 Å². The molecular weight excluding hydrogens is 326 g/mol. The van der Waals surface area contributed by atoms with E-state index in [1.54, 1.807) is 0 Å². The van der Waals surface area contributed by atoms with Gasteiger partial charge >= 0.3 is 0 Å². The SMILES string of the molecule is Cc1ccc(Cl)cc1N1CCC(CNC(=O)[C@@H]2CC[C@H](CN)O2)C1. The summed E-state index contributed by atoms with van der Waals surface area (Å²) in [6.45, 7) is 5.23. The second-order valence-electron chi connectivity index (χ2n) is 6.84. The van der Waals surface area contributed by atoms with Crippen LogP contribution in [0.2, 0.25) is 5.02 Å². The van der Waals surface area contributed by atoms with E-state index in [2.05, 4.69) is 23.2 Å². The van der Waals surface area contributed by atoms with Gasteiger partial charge in [-0.25, -0.2) is 0 Å². The maximum absolute atomic E-state index is 12.2. The van der Waals surface area contributed by atoms with Crippen molar-refractivity contribution >= 4 is 23.2 Å². The molecule has 0 aliphatic carbocycles. The lowest BCUT2D eigenvalue weighted by Gasteiger charge is -2.21. The van der Waals surface area contributed by atoms with Crippen molar-refractivity contribution in [2.75, 3.05) is 31.1 Å². The second kappa shape index (κ2) is 7.72. The number of rotatable bonds is 5. The van der Waals surface area contributed by atoms with E-state index in [-0.39, 0.29) is 18.1 Å². The van der Waals surface area contributed by atoms with E-state index in [0.717, 1.165) is 37.4 Å². The quantitative estimate of drug-likeness (QED) is 0.852. The molecule has 6 heteroatoms. The number of benzene rings is 1. The lowest BCUT2D eigenvalue weighted by atomic mass is 10.1. The average molecular weight is 352 g/mol. The van der Waals surface area contributed by atoms with Gasteiger partial charge in [-0.3, -0.25) is 4.79 Å². The molecule has 0 bridgehead atoms. The van der Waals surface area contributed by atoms with E-state index in [1.807, 2.05) is 12.1 Å². The first-order valence-corrected chi connectivity index (χ1v) is 9.09. The summed E-state index contributed by atoms with van der Waals surface area (Å²) in [6, 6.07) is 6.00. The number of ether oxygens (including phenoxy) is 1. The van der Waals surface area contributed by atoms with Crippen LogP contribution in [0.4, 0.5) is 5.69 Å². The number of anilines is 1. The van der Waals surface area contributed by atoms with Crippen LogP contribution in [0.1, 0.15) is 24.8 Å². The predicted molar refractivity (Wildman–Crippen MR) is 96.5 cm³/mol. The summed E-state index contributed by atoms with van der Waals surface area (Å²) >= 11 is 6.12. The number of amides is 1. The van der Waals surface area contributed by atoms with Crippen LogP contribution in [0.3, 0.4) is 0 Å². The first kappa shape index (κ1) is 17.5. The Morgan fingerprint density at radius 2 is 2.25 bits per heavy atom. The number of carbonyl (C=O) groups excluding carboxylic acids is 1. The van der Waals surface area contributed by atoms with Gasteiger partial charge in [-0.05, 0) is 49.8 Å². The molecule has 2 aliphatic heterocycles. The van der Waals surface area contributed by atoms with E-state index in [9.17, 15) is 4.79 Å². The van der Waals surface area contributed by atoms with Crippen molar-refractivity contribution in [3.8, 4) is 0 Å².